The van der Waals surface area contributed by atoms with Gasteiger partial charge < -0.3 is 9.94 Å². The molecule has 0 radical (unpaired) electrons. The first-order valence-electron chi connectivity index (χ1n) is 9.08. The topological polar surface area (TPSA) is 73.6 Å². The van der Waals surface area contributed by atoms with Crippen molar-refractivity contribution in [3.63, 3.8) is 0 Å². The summed E-state index contributed by atoms with van der Waals surface area (Å²) in [7, 11) is 0. The van der Waals surface area contributed by atoms with E-state index >= 15 is 0 Å². The number of benzene rings is 2. The normalized spacial score (nSPS) is 15.4. The Bertz CT molecular complexity index is 1020. The molecule has 1 amide bonds. The molecule has 29 heavy (non-hydrogen) atoms. The van der Waals surface area contributed by atoms with E-state index in [4.69, 9.17) is 4.74 Å². The van der Waals surface area contributed by atoms with E-state index in [1.807, 2.05) is 54.6 Å². The molecular formula is C22H18N2O4S. The monoisotopic (exact) mass is 406 g/mol. The zero-order valence-electron chi connectivity index (χ0n) is 15.4. The minimum atomic E-state index is -0.644. The Labute approximate surface area is 172 Å². The molecule has 0 bridgehead atoms. The van der Waals surface area contributed by atoms with Crippen molar-refractivity contribution < 1.29 is 19.1 Å². The zero-order valence-corrected chi connectivity index (χ0v) is 16.2. The number of nitrogens with zero attached hydrogens (tertiary/aromatic N) is 2. The van der Waals surface area contributed by atoms with Crippen molar-refractivity contribution in [2.45, 2.75) is 10.9 Å². The first-order valence-corrected chi connectivity index (χ1v) is 10.1. The Morgan fingerprint density at radius 2 is 1.72 bits per heavy atom. The van der Waals surface area contributed by atoms with Crippen molar-refractivity contribution in [2.24, 2.45) is 0 Å². The van der Waals surface area contributed by atoms with Gasteiger partial charge in [0.25, 0.3) is 5.91 Å². The Morgan fingerprint density at radius 1 is 1.03 bits per heavy atom. The number of pyridine rings is 1. The van der Waals surface area contributed by atoms with E-state index in [9.17, 15) is 14.8 Å². The summed E-state index contributed by atoms with van der Waals surface area (Å²) in [6.07, 6.45) is 2.42. The lowest BCUT2D eigenvalue weighted by Gasteiger charge is -2.37. The van der Waals surface area contributed by atoms with Gasteiger partial charge in [-0.1, -0.05) is 42.5 Å². The number of aromatic nitrogens is 1. The van der Waals surface area contributed by atoms with Crippen LogP contribution in [-0.2, 0) is 9.53 Å². The van der Waals surface area contributed by atoms with Crippen molar-refractivity contribution in [1.82, 2.24) is 0 Å². The molecule has 4 rings (SSSR count). The van der Waals surface area contributed by atoms with Crippen LogP contribution < -0.4 is 9.63 Å². The van der Waals surface area contributed by atoms with Gasteiger partial charge in [-0.05, 0) is 17.7 Å². The summed E-state index contributed by atoms with van der Waals surface area (Å²) >= 11 is 1.70. The van der Waals surface area contributed by atoms with Crippen LogP contribution in [0.2, 0.25) is 0 Å². The summed E-state index contributed by atoms with van der Waals surface area (Å²) in [4.78, 5) is 28.1. The van der Waals surface area contributed by atoms with Crippen LogP contribution in [0.25, 0.3) is 0 Å². The van der Waals surface area contributed by atoms with Crippen molar-refractivity contribution in [3.8, 4) is 0 Å². The molecule has 0 saturated carbocycles. The minimum absolute atomic E-state index is 0.154. The molecule has 3 aromatic rings. The molecule has 0 fully saturated rings. The molecule has 0 saturated heterocycles. The van der Waals surface area contributed by atoms with E-state index in [1.54, 1.807) is 16.7 Å². The number of anilines is 1. The van der Waals surface area contributed by atoms with Gasteiger partial charge in [0.05, 0.1) is 17.3 Å². The van der Waals surface area contributed by atoms with Gasteiger partial charge in [-0.2, -0.15) is 4.73 Å². The number of thioether (sulfide) groups is 1. The molecule has 7 heteroatoms. The number of rotatable bonds is 4. The highest BCUT2D eigenvalue weighted by Gasteiger charge is 2.33. The quantitative estimate of drug-likeness (QED) is 0.377. The molecule has 0 aliphatic carbocycles. The third-order valence-electron chi connectivity index (χ3n) is 4.65. The Balaban J connectivity index is 1.56. The largest absolute Gasteiger partial charge is 0.619 e. The number of esters is 1. The standard InChI is InChI=1S/C22H18N2O4S/c25-21(14-28-22(26)17-10-12-23(27)13-11-17)24-18-8-4-5-9-20(18)29-15-19(24)16-6-2-1-3-7-16/h1-13,19H,14-15H2/t19-/m1/s1. The number of para-hydroxylation sites is 1. The lowest BCUT2D eigenvalue weighted by Crippen LogP contribution is -2.41. The number of ether oxygens (including phenoxy) is 1. The summed E-state index contributed by atoms with van der Waals surface area (Å²) in [5.41, 5.74) is 2.06. The average molecular weight is 406 g/mol. The van der Waals surface area contributed by atoms with Crippen LogP contribution in [0.15, 0.2) is 84.0 Å². The van der Waals surface area contributed by atoms with Crippen LogP contribution in [0.5, 0.6) is 0 Å². The Morgan fingerprint density at radius 3 is 2.48 bits per heavy atom. The van der Waals surface area contributed by atoms with Crippen LogP contribution in [0.1, 0.15) is 22.0 Å². The molecule has 6 nitrogen and oxygen atoms in total. The second-order valence-electron chi connectivity index (χ2n) is 6.49. The number of fused-ring (bicyclic) bond motifs is 1. The molecule has 0 spiro atoms. The third-order valence-corrected chi connectivity index (χ3v) is 5.79. The number of hydrogen-bond donors (Lipinski definition) is 0. The van der Waals surface area contributed by atoms with E-state index in [2.05, 4.69) is 0 Å². The summed E-state index contributed by atoms with van der Waals surface area (Å²) in [6.45, 7) is -0.382. The maximum atomic E-state index is 13.1. The predicted molar refractivity (Wildman–Crippen MR) is 110 cm³/mol. The number of carbonyl (C=O) groups excluding carboxylic acids is 2. The van der Waals surface area contributed by atoms with Gasteiger partial charge in [-0.3, -0.25) is 9.69 Å². The first-order chi connectivity index (χ1) is 14.1. The summed E-state index contributed by atoms with van der Waals surface area (Å²) in [6, 6.07) is 20.1. The lowest BCUT2D eigenvalue weighted by molar-refractivity contribution is -0.605. The molecule has 1 atom stereocenters. The lowest BCUT2D eigenvalue weighted by atomic mass is 10.1. The molecule has 1 aliphatic heterocycles. The SMILES string of the molecule is O=C(OCC(=O)N1c2ccccc2SC[C@@H]1c1ccccc1)c1cc[n+]([O-])cc1. The third kappa shape index (κ3) is 4.09. The molecule has 0 unspecified atom stereocenters. The summed E-state index contributed by atoms with van der Waals surface area (Å²) in [5, 5.41) is 11.1. The number of hydrogen-bond acceptors (Lipinski definition) is 5. The zero-order chi connectivity index (χ0) is 20.2. The Hall–Kier alpha value is -3.32. The highest BCUT2D eigenvalue weighted by Crippen LogP contribution is 2.43. The van der Waals surface area contributed by atoms with Crippen LogP contribution >= 0.6 is 11.8 Å². The van der Waals surface area contributed by atoms with Gasteiger partial charge in [0.15, 0.2) is 19.0 Å². The van der Waals surface area contributed by atoms with Crippen LogP contribution in [0.3, 0.4) is 0 Å². The predicted octanol–water partition coefficient (Wildman–Crippen LogP) is 3.36. The van der Waals surface area contributed by atoms with E-state index in [0.29, 0.717) is 10.5 Å². The minimum Gasteiger partial charge on any atom is -0.619 e. The van der Waals surface area contributed by atoms with E-state index in [1.165, 1.54) is 24.5 Å². The van der Waals surface area contributed by atoms with Crippen molar-refractivity contribution in [1.29, 1.82) is 0 Å². The van der Waals surface area contributed by atoms with Crippen molar-refractivity contribution in [2.75, 3.05) is 17.3 Å². The fourth-order valence-corrected chi connectivity index (χ4v) is 4.42. The first kappa shape index (κ1) is 19.0. The van der Waals surface area contributed by atoms with Gasteiger partial charge in [0.2, 0.25) is 0 Å². The van der Waals surface area contributed by atoms with E-state index < -0.39 is 5.97 Å². The Kier molecular flexibility index (Phi) is 5.48. The highest BCUT2D eigenvalue weighted by molar-refractivity contribution is 7.99. The maximum Gasteiger partial charge on any atom is 0.339 e. The fraction of sp³-hybridized carbons (Fsp3) is 0.136. The van der Waals surface area contributed by atoms with Crippen LogP contribution in [-0.4, -0.2) is 24.2 Å². The summed E-state index contributed by atoms with van der Waals surface area (Å²) < 4.78 is 5.81. The van der Waals surface area contributed by atoms with Crippen molar-refractivity contribution >= 4 is 29.3 Å². The molecule has 2 heterocycles. The van der Waals surface area contributed by atoms with E-state index in [-0.39, 0.29) is 24.1 Å². The van der Waals surface area contributed by atoms with Gasteiger partial charge in [-0.25, -0.2) is 4.79 Å². The number of carbonyl (C=O) groups is 2. The van der Waals surface area contributed by atoms with Crippen LogP contribution in [0.4, 0.5) is 5.69 Å². The molecule has 1 aromatic heterocycles. The van der Waals surface area contributed by atoms with Gasteiger partial charge in [0, 0.05) is 22.8 Å². The highest BCUT2D eigenvalue weighted by atomic mass is 32.2. The second-order valence-corrected chi connectivity index (χ2v) is 7.55. The smallest absolute Gasteiger partial charge is 0.339 e. The molecule has 2 aromatic carbocycles. The molecule has 0 N–H and O–H groups in total. The fourth-order valence-electron chi connectivity index (χ4n) is 3.25. The van der Waals surface area contributed by atoms with Crippen molar-refractivity contribution in [3.05, 3.63) is 95.5 Å². The summed E-state index contributed by atoms with van der Waals surface area (Å²) in [5.74, 6) is -0.229. The van der Waals surface area contributed by atoms with E-state index in [0.717, 1.165) is 16.1 Å². The van der Waals surface area contributed by atoms with Gasteiger partial charge in [-0.15, -0.1) is 11.8 Å². The van der Waals surface area contributed by atoms with Gasteiger partial charge in [0.1, 0.15) is 0 Å². The average Bonchev–Trinajstić information content (AvgIpc) is 2.77. The maximum absolute atomic E-state index is 13.1. The second kappa shape index (κ2) is 8.36. The van der Waals surface area contributed by atoms with Crippen LogP contribution in [0, 0.1) is 5.21 Å². The molecular weight excluding hydrogens is 388 g/mol. The van der Waals surface area contributed by atoms with Gasteiger partial charge >= 0.3 is 5.97 Å². The molecule has 146 valence electrons. The molecule has 1 aliphatic rings. The number of amides is 1.